The molecule has 0 fully saturated rings. The van der Waals surface area contributed by atoms with E-state index in [-0.39, 0.29) is 10.7 Å². The van der Waals surface area contributed by atoms with Crippen molar-refractivity contribution in [1.82, 2.24) is 24.9 Å². The van der Waals surface area contributed by atoms with Gasteiger partial charge in [0.2, 0.25) is 0 Å². The zero-order chi connectivity index (χ0) is 17.2. The highest BCUT2D eigenvalue weighted by Crippen LogP contribution is 2.28. The summed E-state index contributed by atoms with van der Waals surface area (Å²) in [5.74, 6) is 0. The van der Waals surface area contributed by atoms with Crippen LogP contribution in [0.5, 0.6) is 0 Å². The van der Waals surface area contributed by atoms with E-state index in [4.69, 9.17) is 0 Å². The summed E-state index contributed by atoms with van der Waals surface area (Å²) in [5, 5.41) is 3.59. The predicted octanol–water partition coefficient (Wildman–Crippen LogP) is 3.52. The third kappa shape index (κ3) is 3.15. The van der Waals surface area contributed by atoms with Crippen LogP contribution in [0.15, 0.2) is 52.1 Å². The molecule has 0 bridgehead atoms. The topological polar surface area (TPSA) is 84.4 Å². The lowest BCUT2D eigenvalue weighted by Gasteiger charge is -2.02. The fourth-order valence-electron chi connectivity index (χ4n) is 2.31. The largest absolute Gasteiger partial charge is 0.306 e. The molecule has 6 nitrogen and oxygen atoms in total. The summed E-state index contributed by atoms with van der Waals surface area (Å²) in [4.78, 5) is 31.9. The molecule has 0 aliphatic rings. The minimum atomic E-state index is -0.621. The zero-order valence-corrected chi connectivity index (χ0v) is 14.3. The van der Waals surface area contributed by atoms with Crippen LogP contribution in [0.4, 0.5) is 4.39 Å². The van der Waals surface area contributed by atoms with E-state index < -0.39 is 6.01 Å². The van der Waals surface area contributed by atoms with E-state index in [0.29, 0.717) is 22.3 Å². The second-order valence-electron chi connectivity index (χ2n) is 5.00. The second-order valence-corrected chi connectivity index (χ2v) is 6.73. The first-order valence-electron chi connectivity index (χ1n) is 7.20. The minimum Gasteiger partial charge on any atom is -0.306 e. The Morgan fingerprint density at radius 2 is 2.08 bits per heavy atom. The van der Waals surface area contributed by atoms with Crippen LogP contribution >= 0.6 is 23.1 Å². The number of rotatable bonds is 4. The molecule has 9 heteroatoms. The number of alkyl halides is 1. The van der Waals surface area contributed by atoms with Crippen LogP contribution in [0.2, 0.25) is 0 Å². The van der Waals surface area contributed by atoms with Gasteiger partial charge in [0.05, 0.1) is 11.3 Å². The molecule has 1 N–H and O–H groups in total. The Balaban J connectivity index is 1.77. The van der Waals surface area contributed by atoms with Gasteiger partial charge in [0.15, 0.2) is 5.16 Å². The van der Waals surface area contributed by atoms with E-state index in [1.54, 1.807) is 24.7 Å². The molecule has 0 atom stereocenters. The number of H-pyrrole nitrogens is 1. The third-order valence-electron chi connectivity index (χ3n) is 3.46. The SMILES string of the molecule is O=c1[nH]c2nc(SCF)ncc2cc1-c1csc(-c2ccncc2)n1. The van der Waals surface area contributed by atoms with Crippen molar-refractivity contribution < 1.29 is 4.39 Å². The van der Waals surface area contributed by atoms with Crippen molar-refractivity contribution >= 4 is 34.1 Å². The molecule has 0 aliphatic heterocycles. The van der Waals surface area contributed by atoms with Crippen molar-refractivity contribution in [2.45, 2.75) is 5.16 Å². The number of halogens is 1. The normalized spacial score (nSPS) is 11.1. The maximum absolute atomic E-state index is 12.4. The van der Waals surface area contributed by atoms with Gasteiger partial charge in [-0.1, -0.05) is 11.8 Å². The molecular weight excluding hydrogens is 361 g/mol. The second kappa shape index (κ2) is 6.69. The summed E-state index contributed by atoms with van der Waals surface area (Å²) in [6.07, 6.45) is 4.96. The molecule has 0 saturated heterocycles. The Hall–Kier alpha value is -2.65. The van der Waals surface area contributed by atoms with Crippen LogP contribution in [0.3, 0.4) is 0 Å². The van der Waals surface area contributed by atoms with Crippen LogP contribution in [-0.2, 0) is 0 Å². The van der Waals surface area contributed by atoms with Crippen molar-refractivity contribution in [3.63, 3.8) is 0 Å². The molecule has 0 saturated carbocycles. The highest BCUT2D eigenvalue weighted by atomic mass is 32.2. The van der Waals surface area contributed by atoms with Gasteiger partial charge < -0.3 is 4.98 Å². The molecule has 0 aliphatic carbocycles. The number of fused-ring (bicyclic) bond motifs is 1. The van der Waals surface area contributed by atoms with Crippen molar-refractivity contribution in [1.29, 1.82) is 0 Å². The molecule has 124 valence electrons. The number of hydrogen-bond donors (Lipinski definition) is 1. The van der Waals surface area contributed by atoms with Crippen molar-refractivity contribution in [3.8, 4) is 21.8 Å². The fourth-order valence-corrected chi connectivity index (χ4v) is 3.52. The maximum atomic E-state index is 12.4. The minimum absolute atomic E-state index is 0.284. The van der Waals surface area contributed by atoms with Gasteiger partial charge in [-0.05, 0) is 18.2 Å². The van der Waals surface area contributed by atoms with Gasteiger partial charge in [-0.3, -0.25) is 9.78 Å². The van der Waals surface area contributed by atoms with Gasteiger partial charge in [-0.15, -0.1) is 11.3 Å². The summed E-state index contributed by atoms with van der Waals surface area (Å²) < 4.78 is 12.4. The smallest absolute Gasteiger partial charge is 0.259 e. The van der Waals surface area contributed by atoms with Crippen LogP contribution in [0.25, 0.3) is 32.9 Å². The standard InChI is InChI=1S/C16H10FN5OS2/c17-8-25-16-19-6-10-5-11(14(23)21-13(10)22-16)12-7-24-15(20-12)9-1-3-18-4-2-9/h1-7H,8H2,(H,19,21,22,23). The summed E-state index contributed by atoms with van der Waals surface area (Å²) in [6.45, 7) is 0. The van der Waals surface area contributed by atoms with Crippen molar-refractivity contribution in [3.05, 3.63) is 52.5 Å². The zero-order valence-electron chi connectivity index (χ0n) is 12.6. The Labute approximate surface area is 149 Å². The van der Waals surface area contributed by atoms with Gasteiger partial charge in [-0.2, -0.15) is 0 Å². The van der Waals surface area contributed by atoms with E-state index >= 15 is 0 Å². The summed E-state index contributed by atoms with van der Waals surface area (Å²) >= 11 is 2.32. The summed E-state index contributed by atoms with van der Waals surface area (Å²) in [7, 11) is 0. The molecule has 4 aromatic heterocycles. The summed E-state index contributed by atoms with van der Waals surface area (Å²) in [5.41, 5.74) is 2.05. The Bertz CT molecular complexity index is 1100. The molecule has 0 radical (unpaired) electrons. The Morgan fingerprint density at radius 3 is 2.88 bits per heavy atom. The van der Waals surface area contributed by atoms with Gasteiger partial charge in [0, 0.05) is 34.9 Å². The first-order chi connectivity index (χ1) is 12.2. The van der Waals surface area contributed by atoms with E-state index in [1.807, 2.05) is 17.5 Å². The highest BCUT2D eigenvalue weighted by molar-refractivity contribution is 7.99. The van der Waals surface area contributed by atoms with Crippen LogP contribution in [0, 0.1) is 0 Å². The quantitative estimate of drug-likeness (QED) is 0.436. The number of nitrogens with zero attached hydrogens (tertiary/aromatic N) is 4. The maximum Gasteiger partial charge on any atom is 0.259 e. The molecule has 0 spiro atoms. The van der Waals surface area contributed by atoms with Crippen LogP contribution in [0.1, 0.15) is 0 Å². The number of hydrogen-bond acceptors (Lipinski definition) is 7. The lowest BCUT2D eigenvalue weighted by atomic mass is 10.2. The number of aromatic nitrogens is 5. The van der Waals surface area contributed by atoms with Gasteiger partial charge in [0.25, 0.3) is 5.56 Å². The lowest BCUT2D eigenvalue weighted by molar-refractivity contribution is 0.604. The third-order valence-corrected chi connectivity index (χ3v) is 4.92. The van der Waals surface area contributed by atoms with E-state index in [2.05, 4.69) is 24.9 Å². The number of aromatic amines is 1. The molecule has 0 aromatic carbocycles. The molecule has 4 heterocycles. The molecule has 4 rings (SSSR count). The highest BCUT2D eigenvalue weighted by Gasteiger charge is 2.12. The number of pyridine rings is 2. The number of thioether (sulfide) groups is 1. The average molecular weight is 371 g/mol. The first kappa shape index (κ1) is 15.9. The monoisotopic (exact) mass is 371 g/mol. The first-order valence-corrected chi connectivity index (χ1v) is 9.06. The van der Waals surface area contributed by atoms with Crippen LogP contribution in [-0.4, -0.2) is 30.9 Å². The molecule has 0 amide bonds. The van der Waals surface area contributed by atoms with Gasteiger partial charge >= 0.3 is 0 Å². The number of nitrogens with one attached hydrogen (secondary N) is 1. The average Bonchev–Trinajstić information content (AvgIpc) is 3.12. The van der Waals surface area contributed by atoms with Gasteiger partial charge in [0.1, 0.15) is 16.7 Å². The van der Waals surface area contributed by atoms with E-state index in [0.717, 1.165) is 22.3 Å². The van der Waals surface area contributed by atoms with Crippen molar-refractivity contribution in [2.75, 3.05) is 6.01 Å². The summed E-state index contributed by atoms with van der Waals surface area (Å²) in [6, 6.07) is 4.81. The molecule has 4 aromatic rings. The Kier molecular flexibility index (Phi) is 4.24. The van der Waals surface area contributed by atoms with Gasteiger partial charge in [-0.25, -0.2) is 19.3 Å². The molecule has 0 unspecified atom stereocenters. The molecular formula is C16H10FN5OS2. The van der Waals surface area contributed by atoms with Crippen LogP contribution < -0.4 is 5.56 Å². The Morgan fingerprint density at radius 1 is 1.24 bits per heavy atom. The number of thiazole rings is 1. The molecule has 25 heavy (non-hydrogen) atoms. The lowest BCUT2D eigenvalue weighted by Crippen LogP contribution is -2.10. The van der Waals surface area contributed by atoms with E-state index in [1.165, 1.54) is 11.3 Å². The van der Waals surface area contributed by atoms with Crippen molar-refractivity contribution in [2.24, 2.45) is 0 Å². The fraction of sp³-hybridized carbons (Fsp3) is 0.0625. The predicted molar refractivity (Wildman–Crippen MR) is 96.3 cm³/mol. The van der Waals surface area contributed by atoms with E-state index in [9.17, 15) is 9.18 Å².